The minimum atomic E-state index is 0.248. The van der Waals surface area contributed by atoms with Crippen molar-refractivity contribution in [3.8, 4) is 22.9 Å². The van der Waals surface area contributed by atoms with Crippen molar-refractivity contribution in [2.24, 2.45) is 0 Å². The molecule has 1 fully saturated rings. The van der Waals surface area contributed by atoms with E-state index in [-0.39, 0.29) is 5.75 Å². The van der Waals surface area contributed by atoms with Gasteiger partial charge in [-0.1, -0.05) is 6.42 Å². The number of piperidine rings is 1. The molecule has 23 heavy (non-hydrogen) atoms. The van der Waals surface area contributed by atoms with Gasteiger partial charge < -0.3 is 9.84 Å². The van der Waals surface area contributed by atoms with Crippen molar-refractivity contribution in [1.29, 1.82) is 0 Å². The molecule has 1 N–H and O–H groups in total. The minimum absolute atomic E-state index is 0.248. The van der Waals surface area contributed by atoms with Crippen molar-refractivity contribution in [3.05, 3.63) is 36.2 Å². The molecule has 0 unspecified atom stereocenters. The molecule has 2 aromatic rings. The quantitative estimate of drug-likeness (QED) is 0.919. The van der Waals surface area contributed by atoms with Gasteiger partial charge in [0.25, 0.3) is 0 Å². The lowest BCUT2D eigenvalue weighted by molar-refractivity contribution is 0.180. The van der Waals surface area contributed by atoms with Crippen molar-refractivity contribution in [2.45, 2.75) is 26.2 Å². The van der Waals surface area contributed by atoms with Crippen molar-refractivity contribution < 1.29 is 9.84 Å². The van der Waals surface area contributed by atoms with Gasteiger partial charge in [0, 0.05) is 18.2 Å². The molecule has 0 spiro atoms. The fraction of sp³-hybridized carbons (Fsp3) is 0.444. The maximum Gasteiger partial charge on any atom is 0.217 e. The van der Waals surface area contributed by atoms with Crippen LogP contribution in [-0.2, 0) is 0 Å². The average molecular weight is 313 g/mol. The van der Waals surface area contributed by atoms with Gasteiger partial charge >= 0.3 is 0 Å². The van der Waals surface area contributed by atoms with E-state index in [1.807, 2.05) is 25.1 Å². The number of phenolic OH excluding ortho intramolecular Hbond substituents is 1. The topological polar surface area (TPSA) is 58.5 Å². The largest absolute Gasteiger partial charge is 0.508 e. The molecule has 122 valence electrons. The predicted octanol–water partition coefficient (Wildman–Crippen LogP) is 3.02. The third kappa shape index (κ3) is 4.42. The number of aromatic nitrogens is 2. The Balaban J connectivity index is 1.64. The standard InChI is InChI=1S/C18H23N3O2/c1-14-19-17(15-5-7-16(22)8-6-15)13-18(20-14)23-12-11-21-9-3-2-4-10-21/h5-8,13,22H,2-4,9-12H2,1H3. The van der Waals surface area contributed by atoms with Crippen LogP contribution in [0.25, 0.3) is 11.3 Å². The Morgan fingerprint density at radius 1 is 1.09 bits per heavy atom. The van der Waals surface area contributed by atoms with E-state index < -0.39 is 0 Å². The van der Waals surface area contributed by atoms with Gasteiger partial charge in [0.1, 0.15) is 18.2 Å². The number of hydrogen-bond acceptors (Lipinski definition) is 5. The summed E-state index contributed by atoms with van der Waals surface area (Å²) in [6, 6.07) is 8.85. The number of benzene rings is 1. The molecule has 3 rings (SSSR count). The Kier molecular flexibility index (Phi) is 5.08. The summed E-state index contributed by atoms with van der Waals surface area (Å²) in [7, 11) is 0. The van der Waals surface area contributed by atoms with Crippen LogP contribution in [0.5, 0.6) is 11.6 Å². The van der Waals surface area contributed by atoms with Gasteiger partial charge in [-0.05, 0) is 57.1 Å². The Bertz CT molecular complexity index is 637. The summed E-state index contributed by atoms with van der Waals surface area (Å²) in [4.78, 5) is 11.2. The highest BCUT2D eigenvalue weighted by molar-refractivity contribution is 5.60. The maximum absolute atomic E-state index is 9.39. The van der Waals surface area contributed by atoms with Crippen LogP contribution in [0.2, 0.25) is 0 Å². The smallest absolute Gasteiger partial charge is 0.217 e. The first-order valence-electron chi connectivity index (χ1n) is 8.21. The highest BCUT2D eigenvalue weighted by Crippen LogP contribution is 2.23. The first-order valence-corrected chi connectivity index (χ1v) is 8.21. The summed E-state index contributed by atoms with van der Waals surface area (Å²) in [5.41, 5.74) is 1.75. The van der Waals surface area contributed by atoms with Gasteiger partial charge in [-0.3, -0.25) is 4.90 Å². The highest BCUT2D eigenvalue weighted by Gasteiger charge is 2.10. The Hall–Kier alpha value is -2.14. The summed E-state index contributed by atoms with van der Waals surface area (Å²) in [6.45, 7) is 5.79. The first kappa shape index (κ1) is 15.7. The lowest BCUT2D eigenvalue weighted by atomic mass is 10.1. The second kappa shape index (κ2) is 7.42. The molecule has 1 aromatic heterocycles. The molecule has 0 radical (unpaired) electrons. The second-order valence-electron chi connectivity index (χ2n) is 5.94. The van der Waals surface area contributed by atoms with Crippen molar-refractivity contribution >= 4 is 0 Å². The van der Waals surface area contributed by atoms with Crippen molar-refractivity contribution in [2.75, 3.05) is 26.2 Å². The zero-order valence-electron chi connectivity index (χ0n) is 13.5. The van der Waals surface area contributed by atoms with Gasteiger partial charge in [-0.2, -0.15) is 4.98 Å². The van der Waals surface area contributed by atoms with Crippen LogP contribution in [0.4, 0.5) is 0 Å². The van der Waals surface area contributed by atoms with Crippen LogP contribution in [0.1, 0.15) is 25.1 Å². The molecule has 2 heterocycles. The van der Waals surface area contributed by atoms with Gasteiger partial charge in [-0.15, -0.1) is 0 Å². The third-order valence-electron chi connectivity index (χ3n) is 4.08. The van der Waals surface area contributed by atoms with Gasteiger partial charge in [0.2, 0.25) is 5.88 Å². The van der Waals surface area contributed by atoms with Crippen LogP contribution in [0.15, 0.2) is 30.3 Å². The van der Waals surface area contributed by atoms with E-state index in [0.29, 0.717) is 18.3 Å². The number of likely N-dealkylation sites (tertiary alicyclic amines) is 1. The number of hydrogen-bond donors (Lipinski definition) is 1. The summed E-state index contributed by atoms with van der Waals surface area (Å²) < 4.78 is 5.83. The van der Waals surface area contributed by atoms with Gasteiger partial charge in [0.05, 0.1) is 5.69 Å². The fourth-order valence-corrected chi connectivity index (χ4v) is 2.86. The van der Waals surface area contributed by atoms with Crippen LogP contribution < -0.4 is 4.74 Å². The molecule has 0 aliphatic carbocycles. The summed E-state index contributed by atoms with van der Waals surface area (Å²) in [5.74, 6) is 1.54. The number of rotatable bonds is 5. The predicted molar refractivity (Wildman–Crippen MR) is 89.7 cm³/mol. The van der Waals surface area contributed by atoms with E-state index in [1.165, 1.54) is 32.4 Å². The fourth-order valence-electron chi connectivity index (χ4n) is 2.86. The van der Waals surface area contributed by atoms with Crippen LogP contribution in [0.3, 0.4) is 0 Å². The van der Waals surface area contributed by atoms with Crippen LogP contribution >= 0.6 is 0 Å². The molecule has 0 bridgehead atoms. The number of ether oxygens (including phenoxy) is 1. The zero-order valence-corrected chi connectivity index (χ0v) is 13.5. The third-order valence-corrected chi connectivity index (χ3v) is 4.08. The molecular weight excluding hydrogens is 290 g/mol. The van der Waals surface area contributed by atoms with E-state index in [0.717, 1.165) is 17.8 Å². The van der Waals surface area contributed by atoms with E-state index in [1.54, 1.807) is 12.1 Å². The summed E-state index contributed by atoms with van der Waals surface area (Å²) >= 11 is 0. The van der Waals surface area contributed by atoms with Crippen molar-refractivity contribution in [3.63, 3.8) is 0 Å². The van der Waals surface area contributed by atoms with Crippen molar-refractivity contribution in [1.82, 2.24) is 14.9 Å². The van der Waals surface area contributed by atoms with Gasteiger partial charge in [-0.25, -0.2) is 4.98 Å². The Morgan fingerprint density at radius 2 is 1.83 bits per heavy atom. The number of nitrogens with zero attached hydrogens (tertiary/aromatic N) is 3. The summed E-state index contributed by atoms with van der Waals surface area (Å²) in [6.07, 6.45) is 3.92. The molecular formula is C18H23N3O2. The molecule has 0 saturated carbocycles. The molecule has 1 aromatic carbocycles. The van der Waals surface area contributed by atoms with Gasteiger partial charge in [0.15, 0.2) is 0 Å². The Labute approximate surface area is 137 Å². The molecule has 1 aliphatic rings. The highest BCUT2D eigenvalue weighted by atomic mass is 16.5. The Morgan fingerprint density at radius 3 is 2.57 bits per heavy atom. The minimum Gasteiger partial charge on any atom is -0.508 e. The number of aromatic hydroxyl groups is 1. The molecule has 5 nitrogen and oxygen atoms in total. The van der Waals surface area contributed by atoms with E-state index in [2.05, 4.69) is 14.9 Å². The van der Waals surface area contributed by atoms with Crippen LogP contribution in [0, 0.1) is 6.92 Å². The summed E-state index contributed by atoms with van der Waals surface area (Å²) in [5, 5.41) is 9.39. The number of phenols is 1. The van der Waals surface area contributed by atoms with Crippen LogP contribution in [-0.4, -0.2) is 46.2 Å². The number of aryl methyl sites for hydroxylation is 1. The molecule has 1 aliphatic heterocycles. The zero-order chi connectivity index (χ0) is 16.1. The molecule has 1 saturated heterocycles. The normalized spacial score (nSPS) is 15.5. The average Bonchev–Trinajstić information content (AvgIpc) is 2.56. The monoisotopic (exact) mass is 313 g/mol. The first-order chi connectivity index (χ1) is 11.2. The molecule has 5 heteroatoms. The molecule has 0 amide bonds. The van der Waals surface area contributed by atoms with E-state index >= 15 is 0 Å². The SMILES string of the molecule is Cc1nc(OCCN2CCCCC2)cc(-c2ccc(O)cc2)n1. The molecule has 0 atom stereocenters. The second-order valence-corrected chi connectivity index (χ2v) is 5.94. The van der Waals surface area contributed by atoms with E-state index in [4.69, 9.17) is 4.74 Å². The lowest BCUT2D eigenvalue weighted by Crippen LogP contribution is -2.33. The van der Waals surface area contributed by atoms with E-state index in [9.17, 15) is 5.11 Å². The lowest BCUT2D eigenvalue weighted by Gasteiger charge is -2.26. The maximum atomic E-state index is 9.39.